The average Bonchev–Trinajstić information content (AvgIpc) is 3.00. The van der Waals surface area contributed by atoms with E-state index in [1.807, 2.05) is 31.2 Å². The number of hydrogen-bond acceptors (Lipinski definition) is 5. The number of nitrogens with zero attached hydrogens (tertiary/aromatic N) is 1. The first-order valence-corrected chi connectivity index (χ1v) is 10.1. The maximum atomic E-state index is 13.3. The normalized spacial score (nSPS) is 15.5. The van der Waals surface area contributed by atoms with Crippen LogP contribution in [0.1, 0.15) is 53.1 Å². The number of fused-ring (bicyclic) bond motifs is 2. The van der Waals surface area contributed by atoms with E-state index in [1.165, 1.54) is 4.90 Å². The largest absolute Gasteiger partial charge is 0.493 e. The minimum Gasteiger partial charge on any atom is -0.493 e. The van der Waals surface area contributed by atoms with Gasteiger partial charge in [-0.25, -0.2) is 0 Å². The van der Waals surface area contributed by atoms with Gasteiger partial charge in [0, 0.05) is 7.05 Å². The quantitative estimate of drug-likeness (QED) is 0.564. The molecule has 0 fully saturated rings. The van der Waals surface area contributed by atoms with Crippen molar-refractivity contribution in [1.82, 2.24) is 4.90 Å². The first kappa shape index (κ1) is 20.0. The highest BCUT2D eigenvalue weighted by Gasteiger charge is 2.41. The summed E-state index contributed by atoms with van der Waals surface area (Å²) in [6.07, 6.45) is 1.99. The Labute approximate surface area is 175 Å². The molecule has 2 aromatic carbocycles. The Kier molecular flexibility index (Phi) is 5.24. The molecule has 1 atom stereocenters. The predicted octanol–water partition coefficient (Wildman–Crippen LogP) is 4.46. The molecule has 0 spiro atoms. The van der Waals surface area contributed by atoms with Crippen molar-refractivity contribution in [2.24, 2.45) is 0 Å². The number of rotatable bonds is 6. The monoisotopic (exact) mass is 407 g/mol. The summed E-state index contributed by atoms with van der Waals surface area (Å²) >= 11 is 0. The third-order valence-electron chi connectivity index (χ3n) is 5.52. The molecule has 1 unspecified atom stereocenters. The van der Waals surface area contributed by atoms with E-state index < -0.39 is 6.04 Å². The smallest absolute Gasteiger partial charge is 0.290 e. The van der Waals surface area contributed by atoms with Gasteiger partial charge < -0.3 is 18.8 Å². The van der Waals surface area contributed by atoms with Crippen molar-refractivity contribution in [2.45, 2.75) is 32.7 Å². The third-order valence-corrected chi connectivity index (χ3v) is 5.52. The number of aryl methyl sites for hydroxylation is 1. The number of benzene rings is 2. The first-order valence-electron chi connectivity index (χ1n) is 10.1. The van der Waals surface area contributed by atoms with Crippen LogP contribution in [-0.4, -0.2) is 31.6 Å². The van der Waals surface area contributed by atoms with Crippen LogP contribution in [0.4, 0.5) is 0 Å². The zero-order valence-corrected chi connectivity index (χ0v) is 17.7. The lowest BCUT2D eigenvalue weighted by atomic mass is 9.98. The van der Waals surface area contributed by atoms with E-state index in [2.05, 4.69) is 6.92 Å². The molecule has 6 heteroatoms. The van der Waals surface area contributed by atoms with Crippen LogP contribution >= 0.6 is 0 Å². The van der Waals surface area contributed by atoms with Gasteiger partial charge in [0.2, 0.25) is 5.76 Å². The molecular formula is C24H25NO5. The van der Waals surface area contributed by atoms with E-state index in [0.717, 1.165) is 24.0 Å². The summed E-state index contributed by atoms with van der Waals surface area (Å²) < 4.78 is 17.2. The van der Waals surface area contributed by atoms with E-state index in [1.54, 1.807) is 26.3 Å². The third kappa shape index (κ3) is 3.22. The number of amides is 1. The second kappa shape index (κ2) is 7.86. The van der Waals surface area contributed by atoms with Crippen molar-refractivity contribution in [3.05, 3.63) is 69.1 Å². The van der Waals surface area contributed by atoms with Crippen molar-refractivity contribution in [2.75, 3.05) is 20.8 Å². The zero-order valence-electron chi connectivity index (χ0n) is 17.7. The standard InChI is InChI=1S/C24H25NO5/c1-5-6-11-29-18-10-8-15(13-19(18)28-4)21-20-22(26)16-12-14(2)7-9-17(16)30-23(20)24(27)25(21)3/h7-10,12-13,21H,5-6,11H2,1-4H3. The van der Waals surface area contributed by atoms with Crippen molar-refractivity contribution in [3.8, 4) is 11.5 Å². The lowest BCUT2D eigenvalue weighted by Gasteiger charge is -2.21. The van der Waals surface area contributed by atoms with E-state index in [-0.39, 0.29) is 17.1 Å². The van der Waals surface area contributed by atoms with Gasteiger partial charge in [-0.1, -0.05) is 31.0 Å². The molecule has 1 aliphatic rings. The summed E-state index contributed by atoms with van der Waals surface area (Å²) in [5, 5.41) is 0.480. The summed E-state index contributed by atoms with van der Waals surface area (Å²) in [4.78, 5) is 27.8. The predicted molar refractivity (Wildman–Crippen MR) is 115 cm³/mol. The number of unbranched alkanes of at least 4 members (excludes halogenated alkanes) is 1. The van der Waals surface area contributed by atoms with Crippen LogP contribution in [0.25, 0.3) is 11.0 Å². The molecule has 4 rings (SSSR count). The fourth-order valence-electron chi connectivity index (χ4n) is 3.89. The van der Waals surface area contributed by atoms with Crippen molar-refractivity contribution in [3.63, 3.8) is 0 Å². The molecule has 0 N–H and O–H groups in total. The number of carbonyl (C=O) groups is 1. The lowest BCUT2D eigenvalue weighted by Crippen LogP contribution is -2.25. The minimum atomic E-state index is -0.549. The number of methoxy groups -OCH3 is 1. The van der Waals surface area contributed by atoms with Crippen LogP contribution in [-0.2, 0) is 0 Å². The highest BCUT2D eigenvalue weighted by Crippen LogP contribution is 2.40. The molecule has 30 heavy (non-hydrogen) atoms. The molecule has 1 aromatic heterocycles. The highest BCUT2D eigenvalue weighted by atomic mass is 16.5. The zero-order chi connectivity index (χ0) is 21.4. The molecule has 0 radical (unpaired) electrons. The van der Waals surface area contributed by atoms with Crippen molar-refractivity contribution in [1.29, 1.82) is 0 Å². The van der Waals surface area contributed by atoms with Gasteiger partial charge in [-0.2, -0.15) is 0 Å². The van der Waals surface area contributed by atoms with Crippen LogP contribution in [0, 0.1) is 6.92 Å². The van der Waals surface area contributed by atoms with Gasteiger partial charge in [0.05, 0.1) is 30.7 Å². The van der Waals surface area contributed by atoms with E-state index in [9.17, 15) is 9.59 Å². The summed E-state index contributed by atoms with van der Waals surface area (Å²) in [7, 11) is 3.25. The topological polar surface area (TPSA) is 69.0 Å². The number of hydrogen-bond donors (Lipinski definition) is 0. The molecule has 6 nitrogen and oxygen atoms in total. The molecule has 1 aliphatic heterocycles. The SMILES string of the molecule is CCCCOc1ccc(C2c3c(oc4ccc(C)cc4c3=O)C(=O)N2C)cc1OC. The first-order chi connectivity index (χ1) is 14.5. The molecular weight excluding hydrogens is 382 g/mol. The molecule has 0 saturated heterocycles. The Morgan fingerprint density at radius 3 is 2.63 bits per heavy atom. The highest BCUT2D eigenvalue weighted by molar-refractivity contribution is 5.98. The Hall–Kier alpha value is -3.28. The van der Waals surface area contributed by atoms with Crippen LogP contribution in [0.3, 0.4) is 0 Å². The van der Waals surface area contributed by atoms with Crippen molar-refractivity contribution >= 4 is 16.9 Å². The van der Waals surface area contributed by atoms with Gasteiger partial charge in [0.15, 0.2) is 16.9 Å². The second-order valence-electron chi connectivity index (χ2n) is 7.60. The van der Waals surface area contributed by atoms with Gasteiger partial charge in [0.25, 0.3) is 5.91 Å². The lowest BCUT2D eigenvalue weighted by molar-refractivity contribution is 0.0771. The molecule has 0 bridgehead atoms. The summed E-state index contributed by atoms with van der Waals surface area (Å²) in [6, 6.07) is 10.4. The van der Waals surface area contributed by atoms with Crippen LogP contribution in [0.5, 0.6) is 11.5 Å². The van der Waals surface area contributed by atoms with Gasteiger partial charge in [-0.15, -0.1) is 0 Å². The molecule has 2 heterocycles. The Balaban J connectivity index is 1.83. The average molecular weight is 407 g/mol. The van der Waals surface area contributed by atoms with Gasteiger partial charge in [-0.05, 0) is 43.2 Å². The minimum absolute atomic E-state index is 0.103. The maximum Gasteiger partial charge on any atom is 0.290 e. The van der Waals surface area contributed by atoms with E-state index in [4.69, 9.17) is 13.9 Å². The molecule has 156 valence electrons. The molecule has 3 aromatic rings. The van der Waals surface area contributed by atoms with Gasteiger partial charge >= 0.3 is 0 Å². The molecule has 1 amide bonds. The van der Waals surface area contributed by atoms with Crippen LogP contribution < -0.4 is 14.9 Å². The fraction of sp³-hybridized carbons (Fsp3) is 0.333. The molecule has 0 aliphatic carbocycles. The molecule has 0 saturated carbocycles. The number of carbonyl (C=O) groups excluding carboxylic acids is 1. The van der Waals surface area contributed by atoms with Crippen LogP contribution in [0.15, 0.2) is 45.6 Å². The van der Waals surface area contributed by atoms with E-state index in [0.29, 0.717) is 34.6 Å². The fourth-order valence-corrected chi connectivity index (χ4v) is 3.89. The Morgan fingerprint density at radius 1 is 1.10 bits per heavy atom. The van der Waals surface area contributed by atoms with Gasteiger partial charge in [0.1, 0.15) is 5.58 Å². The second-order valence-corrected chi connectivity index (χ2v) is 7.60. The summed E-state index contributed by atoms with van der Waals surface area (Å²) in [5.41, 5.74) is 2.33. The Bertz CT molecular complexity index is 1180. The number of ether oxygens (including phenoxy) is 2. The summed E-state index contributed by atoms with van der Waals surface area (Å²) in [5.74, 6) is 1.00. The summed E-state index contributed by atoms with van der Waals surface area (Å²) in [6.45, 7) is 4.62. The van der Waals surface area contributed by atoms with Crippen LogP contribution in [0.2, 0.25) is 0 Å². The van der Waals surface area contributed by atoms with Gasteiger partial charge in [-0.3, -0.25) is 9.59 Å². The van der Waals surface area contributed by atoms with E-state index >= 15 is 0 Å². The Morgan fingerprint density at radius 2 is 1.90 bits per heavy atom. The maximum absolute atomic E-state index is 13.3. The van der Waals surface area contributed by atoms with Crippen molar-refractivity contribution < 1.29 is 18.7 Å².